The molecule has 0 atom stereocenters. The molecule has 64 heavy (non-hydrogen) atoms. The number of anilines is 3. The van der Waals surface area contributed by atoms with Crippen LogP contribution < -0.4 is 30.7 Å². The van der Waals surface area contributed by atoms with Gasteiger partial charge in [-0.1, -0.05) is 30.6 Å². The highest BCUT2D eigenvalue weighted by atomic mass is 35.5. The summed E-state index contributed by atoms with van der Waals surface area (Å²) in [5, 5.41) is 13.3. The Bertz CT molecular complexity index is 2140. The molecule has 5 aliphatic heterocycles. The van der Waals surface area contributed by atoms with E-state index in [0.717, 1.165) is 92.7 Å². The van der Waals surface area contributed by atoms with Crippen LogP contribution in [0, 0.1) is 11.8 Å². The van der Waals surface area contributed by atoms with Crippen molar-refractivity contribution in [2.45, 2.75) is 71.6 Å². The molecule has 4 aromatic carbocycles. The molecule has 4 aromatic rings. The Morgan fingerprint density at radius 1 is 0.719 bits per heavy atom. The minimum atomic E-state index is -0.0802. The van der Waals surface area contributed by atoms with Crippen LogP contribution in [0.25, 0.3) is 0 Å². The van der Waals surface area contributed by atoms with Crippen LogP contribution in [0.5, 0.6) is 11.5 Å². The molecule has 15 heteroatoms. The lowest BCUT2D eigenvalue weighted by atomic mass is 9.98. The summed E-state index contributed by atoms with van der Waals surface area (Å²) in [5.41, 5.74) is 5.44. The van der Waals surface area contributed by atoms with E-state index in [-0.39, 0.29) is 25.3 Å². The number of rotatable bonds is 8. The molecule has 9 rings (SSSR count). The van der Waals surface area contributed by atoms with Gasteiger partial charge in [-0.2, -0.15) is 4.99 Å². The molecule has 3 saturated heterocycles. The topological polar surface area (TPSA) is 160 Å². The van der Waals surface area contributed by atoms with Crippen LogP contribution >= 0.6 is 23.2 Å². The number of benzene rings is 4. The molecule has 5 aliphatic rings. The summed E-state index contributed by atoms with van der Waals surface area (Å²) in [6.45, 7) is 7.06. The number of urea groups is 1. The third kappa shape index (κ3) is 16.6. The first kappa shape index (κ1) is 49.6. The van der Waals surface area contributed by atoms with Gasteiger partial charge >= 0.3 is 6.03 Å². The molecule has 0 aliphatic carbocycles. The second-order valence-electron chi connectivity index (χ2n) is 15.9. The third-order valence-electron chi connectivity index (χ3n) is 11.2. The minimum absolute atomic E-state index is 0. The zero-order chi connectivity index (χ0) is 44.2. The lowest BCUT2D eigenvalue weighted by Gasteiger charge is -2.32. The molecule has 5 heterocycles. The summed E-state index contributed by atoms with van der Waals surface area (Å²) in [6.07, 6.45) is 10.9. The predicted molar refractivity (Wildman–Crippen MR) is 254 cm³/mol. The number of nitrogens with zero attached hydrogens (tertiary/aromatic N) is 2. The fourth-order valence-electron chi connectivity index (χ4n) is 7.49. The Hall–Kier alpha value is -5.43. The summed E-state index contributed by atoms with van der Waals surface area (Å²) < 4.78 is 16.8. The van der Waals surface area contributed by atoms with Gasteiger partial charge in [0, 0.05) is 66.3 Å². The van der Waals surface area contributed by atoms with E-state index in [1.807, 2.05) is 35.2 Å². The molecule has 0 spiro atoms. The highest BCUT2D eigenvalue weighted by Gasteiger charge is 2.24. The number of hydrogen-bond donors (Lipinski definition) is 4. The third-order valence-corrected chi connectivity index (χ3v) is 11.7. The summed E-state index contributed by atoms with van der Waals surface area (Å²) in [4.78, 5) is 50.1. The first-order valence-corrected chi connectivity index (χ1v) is 22.5. The van der Waals surface area contributed by atoms with E-state index in [1.54, 1.807) is 48.5 Å². The van der Waals surface area contributed by atoms with Crippen molar-refractivity contribution in [3.05, 3.63) is 106 Å². The predicted octanol–water partition coefficient (Wildman–Crippen LogP) is 10.2. The maximum absolute atomic E-state index is 12.4. The summed E-state index contributed by atoms with van der Waals surface area (Å²) in [5.74, 6) is 3.02. The van der Waals surface area contributed by atoms with Gasteiger partial charge in [0.15, 0.2) is 0 Å². The number of fused-ring (bicyclic) bond motifs is 2. The Morgan fingerprint density at radius 2 is 1.22 bits per heavy atom. The maximum atomic E-state index is 12.4. The number of hydrogen-bond acceptors (Lipinski definition) is 9. The number of aliphatic imine (C=N–C) groups is 1. The van der Waals surface area contributed by atoms with Gasteiger partial charge in [0.1, 0.15) is 11.5 Å². The van der Waals surface area contributed by atoms with E-state index in [0.29, 0.717) is 60.1 Å². The van der Waals surface area contributed by atoms with Crippen molar-refractivity contribution in [3.8, 4) is 11.5 Å². The summed E-state index contributed by atoms with van der Waals surface area (Å²) in [7, 11) is 0. The largest absolute Gasteiger partial charge is 0.493 e. The van der Waals surface area contributed by atoms with Crippen molar-refractivity contribution in [3.63, 3.8) is 0 Å². The van der Waals surface area contributed by atoms with E-state index < -0.39 is 0 Å². The Kier molecular flexibility index (Phi) is 20.4. The lowest BCUT2D eigenvalue weighted by molar-refractivity contribution is -0.117. The number of isocyanates is 1. The standard InChI is InChI=1S/C22H24ClN3O3.C15H20N2O2.C7H4ClNO.C4H8O.CH4/c23-17-2-4-18(5-3-17)24-22(28)26-11-9-15(10-12-26)14-29-19-6-7-20-16(13-19)1-8-21(27)25-20;18-15-4-1-12-9-13(2-3-14(12)17-15)19-10-11-5-7-16-8-6-11;8-6-1-3-7(4-2-6)9-5-10;1-2-4-5-3-1;/h2-7,13,15H,1,8-12,14H2,(H,24,28)(H,25,27);2-3,9,11,16H,1,4-8,10H2,(H,17,18);1-4H;1-4H2;1H4. The fourth-order valence-corrected chi connectivity index (χ4v) is 7.74. The molecule has 0 unspecified atom stereocenters. The Morgan fingerprint density at radius 3 is 1.70 bits per heavy atom. The molecule has 0 bridgehead atoms. The van der Waals surface area contributed by atoms with E-state index in [4.69, 9.17) is 37.4 Å². The number of likely N-dealkylation sites (tertiary alicyclic amines) is 1. The van der Waals surface area contributed by atoms with Crippen LogP contribution in [0.3, 0.4) is 0 Å². The van der Waals surface area contributed by atoms with Crippen LogP contribution in [0.2, 0.25) is 10.0 Å². The van der Waals surface area contributed by atoms with Gasteiger partial charge in [0.2, 0.25) is 17.9 Å². The summed E-state index contributed by atoms with van der Waals surface area (Å²) in [6, 6.07) is 25.4. The second kappa shape index (κ2) is 26.4. The van der Waals surface area contributed by atoms with Gasteiger partial charge in [-0.25, -0.2) is 9.59 Å². The van der Waals surface area contributed by atoms with E-state index in [1.165, 1.54) is 37.3 Å². The number of piperidine rings is 2. The SMILES string of the molecule is C.C1CCOC1.O=C1CCc2cc(OCC3CCN(C(=O)Nc4ccc(Cl)cc4)CC3)ccc2N1.O=C1CCc2cc(OCC3CCNCC3)ccc2N1.O=C=Nc1ccc(Cl)cc1. The Balaban J connectivity index is 0.000000187. The number of carbonyl (C=O) groups is 3. The average molecular weight is 916 g/mol. The molecule has 0 aromatic heterocycles. The molecule has 13 nitrogen and oxygen atoms in total. The van der Waals surface area contributed by atoms with Crippen LogP contribution in [0.15, 0.2) is 89.9 Å². The van der Waals surface area contributed by atoms with Crippen molar-refractivity contribution < 1.29 is 33.4 Å². The number of ether oxygens (including phenoxy) is 3. The van der Waals surface area contributed by atoms with Gasteiger partial charge in [-0.3, -0.25) is 9.59 Å². The lowest BCUT2D eigenvalue weighted by Crippen LogP contribution is -2.42. The zero-order valence-electron chi connectivity index (χ0n) is 35.5. The van der Waals surface area contributed by atoms with Crippen LogP contribution in [-0.4, -0.2) is 81.4 Å². The van der Waals surface area contributed by atoms with Crippen molar-refractivity contribution in [1.82, 2.24) is 10.2 Å². The normalized spacial score (nSPS) is 16.6. The van der Waals surface area contributed by atoms with Crippen LogP contribution in [0.4, 0.5) is 27.5 Å². The first-order valence-electron chi connectivity index (χ1n) is 21.8. The van der Waals surface area contributed by atoms with Crippen molar-refractivity contribution in [1.29, 1.82) is 0 Å². The van der Waals surface area contributed by atoms with Crippen LogP contribution in [0.1, 0.15) is 69.9 Å². The molecular weight excluding hydrogens is 855 g/mol. The maximum Gasteiger partial charge on any atom is 0.321 e. The van der Waals surface area contributed by atoms with E-state index >= 15 is 0 Å². The number of halogens is 2. The molecule has 3 fully saturated rings. The Labute approximate surface area is 386 Å². The quantitative estimate of drug-likeness (QED) is 0.100. The monoisotopic (exact) mass is 914 g/mol. The van der Waals surface area contributed by atoms with Crippen molar-refractivity contribution >= 4 is 69.9 Å². The van der Waals surface area contributed by atoms with Gasteiger partial charge in [0.05, 0.1) is 18.9 Å². The number of carbonyl (C=O) groups excluding carboxylic acids is 4. The first-order chi connectivity index (χ1) is 30.7. The zero-order valence-corrected chi connectivity index (χ0v) is 37.0. The second-order valence-corrected chi connectivity index (χ2v) is 16.8. The van der Waals surface area contributed by atoms with Crippen molar-refractivity contribution in [2.75, 3.05) is 68.6 Å². The molecule has 0 radical (unpaired) electrons. The van der Waals surface area contributed by atoms with Crippen molar-refractivity contribution in [2.24, 2.45) is 16.8 Å². The molecule has 342 valence electrons. The molecule has 4 amide bonds. The minimum Gasteiger partial charge on any atom is -0.493 e. The molecular formula is C49H60Cl2N6O7. The number of aryl methyl sites for hydroxylation is 2. The van der Waals surface area contributed by atoms with E-state index in [9.17, 15) is 19.2 Å². The number of amides is 4. The molecule has 0 saturated carbocycles. The smallest absolute Gasteiger partial charge is 0.321 e. The average Bonchev–Trinajstić information content (AvgIpc) is 3.91. The number of nitrogens with one attached hydrogen (secondary N) is 4. The van der Waals surface area contributed by atoms with Crippen LogP contribution in [-0.2, 0) is 32.0 Å². The fraction of sp³-hybridized carbons (Fsp3) is 0.429. The highest BCUT2D eigenvalue weighted by molar-refractivity contribution is 6.30. The van der Waals surface area contributed by atoms with E-state index in [2.05, 4.69) is 32.3 Å². The van der Waals surface area contributed by atoms with Gasteiger partial charge in [-0.05, 0) is 172 Å². The van der Waals surface area contributed by atoms with Gasteiger partial charge < -0.3 is 40.4 Å². The van der Waals surface area contributed by atoms with Gasteiger partial charge in [-0.15, -0.1) is 0 Å². The molecule has 4 N–H and O–H groups in total. The highest BCUT2D eigenvalue weighted by Crippen LogP contribution is 2.29. The van der Waals surface area contributed by atoms with Gasteiger partial charge in [0.25, 0.3) is 0 Å². The summed E-state index contributed by atoms with van der Waals surface area (Å²) >= 11 is 11.4.